The number of anilines is 1. The van der Waals surface area contributed by atoms with Crippen molar-refractivity contribution in [2.24, 2.45) is 5.92 Å². The summed E-state index contributed by atoms with van der Waals surface area (Å²) in [6.45, 7) is 2.15. The lowest BCUT2D eigenvalue weighted by Crippen LogP contribution is -2.34. The molecule has 0 aromatic heterocycles. The van der Waals surface area contributed by atoms with Crippen molar-refractivity contribution in [3.63, 3.8) is 0 Å². The molecule has 0 bridgehead atoms. The fraction of sp³-hybridized carbons (Fsp3) is 0.562. The molecule has 19 heavy (non-hydrogen) atoms. The van der Waals surface area contributed by atoms with Crippen LogP contribution in [0.1, 0.15) is 44.6 Å². The van der Waals surface area contributed by atoms with Gasteiger partial charge in [0, 0.05) is 18.2 Å². The van der Waals surface area contributed by atoms with E-state index in [9.17, 15) is 4.79 Å². The van der Waals surface area contributed by atoms with Crippen LogP contribution in [0.2, 0.25) is 0 Å². The van der Waals surface area contributed by atoms with E-state index in [2.05, 4.69) is 12.2 Å². The monoisotopic (exact) mass is 260 g/mol. The van der Waals surface area contributed by atoms with Gasteiger partial charge in [0.2, 0.25) is 5.91 Å². The second-order valence-corrected chi connectivity index (χ2v) is 5.59. The van der Waals surface area contributed by atoms with E-state index in [1.807, 2.05) is 24.3 Å². The van der Waals surface area contributed by atoms with Crippen LogP contribution in [0, 0.1) is 5.92 Å². The van der Waals surface area contributed by atoms with Gasteiger partial charge in [0.05, 0.1) is 0 Å². The molecule has 1 aliphatic carbocycles. The number of hydrogen-bond acceptors (Lipinski definition) is 2. The summed E-state index contributed by atoms with van der Waals surface area (Å²) in [4.78, 5) is 11.9. The summed E-state index contributed by atoms with van der Waals surface area (Å²) < 4.78 is 0. The first kappa shape index (κ1) is 13.9. The Hall–Kier alpha value is -1.51. The van der Waals surface area contributed by atoms with Crippen LogP contribution in [0.15, 0.2) is 24.3 Å². The second kappa shape index (κ2) is 6.60. The third-order valence-corrected chi connectivity index (χ3v) is 3.79. The molecule has 1 unspecified atom stereocenters. The van der Waals surface area contributed by atoms with Gasteiger partial charge in [-0.1, -0.05) is 31.9 Å². The van der Waals surface area contributed by atoms with Gasteiger partial charge in [0.1, 0.15) is 0 Å². The number of aryl methyl sites for hydroxylation is 1. The van der Waals surface area contributed by atoms with Crippen LogP contribution in [-0.4, -0.2) is 11.9 Å². The number of benzene rings is 1. The predicted molar refractivity (Wildman–Crippen MR) is 78.7 cm³/mol. The van der Waals surface area contributed by atoms with E-state index in [4.69, 9.17) is 5.73 Å². The first-order valence-electron chi connectivity index (χ1n) is 7.31. The Morgan fingerprint density at radius 3 is 2.63 bits per heavy atom. The predicted octanol–water partition coefficient (Wildman–Crippen LogP) is 2.90. The van der Waals surface area contributed by atoms with Gasteiger partial charge in [-0.15, -0.1) is 0 Å². The molecule has 1 aliphatic rings. The first-order chi connectivity index (χ1) is 9.17. The van der Waals surface area contributed by atoms with Crippen molar-refractivity contribution >= 4 is 11.6 Å². The molecule has 1 amide bonds. The Morgan fingerprint density at radius 1 is 1.37 bits per heavy atom. The molecular weight excluding hydrogens is 236 g/mol. The molecule has 2 rings (SSSR count). The van der Waals surface area contributed by atoms with Gasteiger partial charge in [-0.25, -0.2) is 0 Å². The van der Waals surface area contributed by atoms with Crippen LogP contribution in [0.25, 0.3) is 0 Å². The van der Waals surface area contributed by atoms with Crippen LogP contribution in [0.5, 0.6) is 0 Å². The van der Waals surface area contributed by atoms with E-state index in [-0.39, 0.29) is 5.91 Å². The highest BCUT2D eigenvalue weighted by Crippen LogP contribution is 2.34. The lowest BCUT2D eigenvalue weighted by molar-refractivity contribution is -0.121. The van der Waals surface area contributed by atoms with E-state index in [1.165, 1.54) is 18.4 Å². The molecule has 1 atom stereocenters. The maximum Gasteiger partial charge on any atom is 0.220 e. The third kappa shape index (κ3) is 4.93. The molecule has 0 radical (unpaired) electrons. The quantitative estimate of drug-likeness (QED) is 0.741. The minimum atomic E-state index is 0.171. The Balaban J connectivity index is 1.72. The number of nitrogen functional groups attached to an aromatic ring is 1. The molecule has 104 valence electrons. The Labute approximate surface area is 115 Å². The van der Waals surface area contributed by atoms with Crippen molar-refractivity contribution in [2.45, 2.75) is 51.5 Å². The van der Waals surface area contributed by atoms with Gasteiger partial charge in [-0.05, 0) is 42.9 Å². The first-order valence-corrected chi connectivity index (χ1v) is 7.31. The number of carbonyl (C=O) groups excluding carboxylic acids is 1. The molecule has 1 aromatic rings. The minimum absolute atomic E-state index is 0.171. The lowest BCUT2D eigenvalue weighted by atomic mass is 10.1. The fourth-order valence-corrected chi connectivity index (χ4v) is 2.33. The minimum Gasteiger partial charge on any atom is -0.399 e. The molecule has 0 heterocycles. The normalized spacial score (nSPS) is 16.1. The fourth-order valence-electron chi connectivity index (χ4n) is 2.33. The lowest BCUT2D eigenvalue weighted by Gasteiger charge is -2.16. The van der Waals surface area contributed by atoms with Gasteiger partial charge in [0.25, 0.3) is 0 Å². The molecular formula is C16H24N2O. The number of nitrogens with one attached hydrogen (secondary N) is 1. The second-order valence-electron chi connectivity index (χ2n) is 5.59. The number of hydrogen-bond donors (Lipinski definition) is 2. The van der Waals surface area contributed by atoms with Crippen LogP contribution >= 0.6 is 0 Å². The average molecular weight is 260 g/mol. The highest BCUT2D eigenvalue weighted by atomic mass is 16.1. The Bertz CT molecular complexity index is 409. The molecule has 1 saturated carbocycles. The zero-order valence-electron chi connectivity index (χ0n) is 11.7. The largest absolute Gasteiger partial charge is 0.399 e. The zero-order chi connectivity index (χ0) is 13.7. The maximum absolute atomic E-state index is 11.9. The van der Waals surface area contributed by atoms with Gasteiger partial charge >= 0.3 is 0 Å². The third-order valence-electron chi connectivity index (χ3n) is 3.79. The zero-order valence-corrected chi connectivity index (χ0v) is 11.7. The van der Waals surface area contributed by atoms with E-state index >= 15 is 0 Å². The van der Waals surface area contributed by atoms with Crippen molar-refractivity contribution in [3.05, 3.63) is 29.8 Å². The number of nitrogens with two attached hydrogens (primary N) is 1. The van der Waals surface area contributed by atoms with Crippen molar-refractivity contribution < 1.29 is 4.79 Å². The van der Waals surface area contributed by atoms with Gasteiger partial charge in [0.15, 0.2) is 0 Å². The summed E-state index contributed by atoms with van der Waals surface area (Å²) in [6.07, 6.45) is 6.22. The van der Waals surface area contributed by atoms with E-state index in [1.54, 1.807) is 0 Å². The SMILES string of the molecule is CCC(CC1CC1)NC(=O)CCc1ccc(N)cc1. The average Bonchev–Trinajstić information content (AvgIpc) is 3.21. The Kier molecular flexibility index (Phi) is 4.83. The molecule has 3 heteroatoms. The van der Waals surface area contributed by atoms with E-state index in [0.717, 1.165) is 30.9 Å². The van der Waals surface area contributed by atoms with Crippen molar-refractivity contribution in [2.75, 3.05) is 5.73 Å². The van der Waals surface area contributed by atoms with Crippen molar-refractivity contribution in [1.29, 1.82) is 0 Å². The topological polar surface area (TPSA) is 55.1 Å². The standard InChI is InChI=1S/C16H24N2O/c1-2-15(11-13-3-4-13)18-16(19)10-7-12-5-8-14(17)9-6-12/h5-6,8-9,13,15H,2-4,7,10-11,17H2,1H3,(H,18,19). The van der Waals surface area contributed by atoms with Crippen LogP contribution in [0.4, 0.5) is 5.69 Å². The summed E-state index contributed by atoms with van der Waals surface area (Å²) in [6, 6.07) is 8.12. The van der Waals surface area contributed by atoms with Gasteiger partial charge < -0.3 is 11.1 Å². The molecule has 0 aliphatic heterocycles. The van der Waals surface area contributed by atoms with Crippen molar-refractivity contribution in [1.82, 2.24) is 5.32 Å². The van der Waals surface area contributed by atoms with Crippen molar-refractivity contribution in [3.8, 4) is 0 Å². The van der Waals surface area contributed by atoms with Crippen LogP contribution in [0.3, 0.4) is 0 Å². The summed E-state index contributed by atoms with van der Waals surface area (Å²) in [7, 11) is 0. The molecule has 3 N–H and O–H groups in total. The number of rotatable bonds is 7. The summed E-state index contributed by atoms with van der Waals surface area (Å²) in [5, 5.41) is 3.16. The van der Waals surface area contributed by atoms with E-state index in [0.29, 0.717) is 12.5 Å². The molecule has 1 fully saturated rings. The van der Waals surface area contributed by atoms with Crippen LogP contribution < -0.4 is 11.1 Å². The van der Waals surface area contributed by atoms with Gasteiger partial charge in [-0.3, -0.25) is 4.79 Å². The smallest absolute Gasteiger partial charge is 0.220 e. The highest BCUT2D eigenvalue weighted by Gasteiger charge is 2.25. The summed E-state index contributed by atoms with van der Waals surface area (Å²) >= 11 is 0. The van der Waals surface area contributed by atoms with Gasteiger partial charge in [-0.2, -0.15) is 0 Å². The molecule has 3 nitrogen and oxygen atoms in total. The van der Waals surface area contributed by atoms with Crippen LogP contribution in [-0.2, 0) is 11.2 Å². The van der Waals surface area contributed by atoms with E-state index < -0.39 is 0 Å². The summed E-state index contributed by atoms with van der Waals surface area (Å²) in [5.74, 6) is 1.03. The molecule has 0 saturated heterocycles. The number of carbonyl (C=O) groups is 1. The highest BCUT2D eigenvalue weighted by molar-refractivity contribution is 5.76. The Morgan fingerprint density at radius 2 is 2.05 bits per heavy atom. The number of amides is 1. The molecule has 1 aromatic carbocycles. The maximum atomic E-state index is 11.9. The molecule has 0 spiro atoms. The summed E-state index contributed by atoms with van der Waals surface area (Å²) in [5.41, 5.74) is 7.57.